The molecule has 184 valence electrons. The Morgan fingerprint density at radius 3 is 2.63 bits per heavy atom. The molecule has 0 bridgehead atoms. The minimum Gasteiger partial charge on any atom is -0.326 e. The highest BCUT2D eigenvalue weighted by atomic mass is 35.5. The molecule has 1 fully saturated rings. The van der Waals surface area contributed by atoms with E-state index < -0.39 is 0 Å². The number of hydrogen-bond donors (Lipinski definition) is 2. The Bertz CT molecular complexity index is 1190. The van der Waals surface area contributed by atoms with Crippen LogP contribution in [-0.2, 0) is 9.59 Å². The summed E-state index contributed by atoms with van der Waals surface area (Å²) in [6, 6.07) is 13.0. The number of hydrogen-bond acceptors (Lipinski definition) is 5. The van der Waals surface area contributed by atoms with Gasteiger partial charge >= 0.3 is 0 Å². The van der Waals surface area contributed by atoms with Crippen molar-refractivity contribution in [2.75, 3.05) is 10.6 Å². The van der Waals surface area contributed by atoms with Crippen LogP contribution in [0, 0.1) is 5.92 Å². The molecule has 0 spiro atoms. The van der Waals surface area contributed by atoms with Crippen molar-refractivity contribution in [3.63, 3.8) is 0 Å². The van der Waals surface area contributed by atoms with Crippen molar-refractivity contribution in [2.45, 2.75) is 55.6 Å². The predicted octanol–water partition coefficient (Wildman–Crippen LogP) is 8.15. The SMILES string of the molecule is CCC(Sc1cccc(NC(=O)C2CCCCC2)c1)C(=O)Nc1nc(-c2ccc(Cl)c(Cl)c2)cs1. The van der Waals surface area contributed by atoms with Crippen molar-refractivity contribution < 1.29 is 9.59 Å². The predicted molar refractivity (Wildman–Crippen MR) is 148 cm³/mol. The fourth-order valence-electron chi connectivity index (χ4n) is 4.05. The number of anilines is 2. The number of carbonyl (C=O) groups excluding carboxylic acids is 2. The zero-order chi connectivity index (χ0) is 24.8. The summed E-state index contributed by atoms with van der Waals surface area (Å²) in [5.74, 6) is 0.0867. The average molecular weight is 549 g/mol. The maximum atomic E-state index is 13.0. The summed E-state index contributed by atoms with van der Waals surface area (Å²) in [5, 5.41) is 9.06. The van der Waals surface area contributed by atoms with Gasteiger partial charge < -0.3 is 10.6 Å². The molecule has 1 atom stereocenters. The number of thioether (sulfide) groups is 1. The van der Waals surface area contributed by atoms with Crippen LogP contribution in [0.1, 0.15) is 45.4 Å². The lowest BCUT2D eigenvalue weighted by molar-refractivity contribution is -0.120. The number of halogens is 2. The van der Waals surface area contributed by atoms with E-state index in [1.54, 1.807) is 12.1 Å². The molecule has 35 heavy (non-hydrogen) atoms. The Kier molecular flexibility index (Phi) is 9.11. The molecule has 2 amide bonds. The first kappa shape index (κ1) is 26.0. The maximum absolute atomic E-state index is 13.0. The molecule has 4 rings (SSSR count). The summed E-state index contributed by atoms with van der Waals surface area (Å²) in [5.41, 5.74) is 2.34. The van der Waals surface area contributed by atoms with Crippen molar-refractivity contribution in [1.82, 2.24) is 4.98 Å². The Balaban J connectivity index is 1.37. The van der Waals surface area contributed by atoms with Crippen LogP contribution < -0.4 is 10.6 Å². The van der Waals surface area contributed by atoms with Gasteiger partial charge in [0.05, 0.1) is 21.0 Å². The highest BCUT2D eigenvalue weighted by Gasteiger charge is 2.22. The lowest BCUT2D eigenvalue weighted by Gasteiger charge is -2.21. The first-order valence-corrected chi connectivity index (χ1v) is 14.2. The van der Waals surface area contributed by atoms with Gasteiger partial charge in [0.1, 0.15) is 0 Å². The van der Waals surface area contributed by atoms with Gasteiger partial charge in [-0.05, 0) is 49.6 Å². The third-order valence-corrected chi connectivity index (χ3v) is 8.82. The molecular formula is C26H27Cl2N3O2S2. The smallest absolute Gasteiger partial charge is 0.239 e. The topological polar surface area (TPSA) is 71.1 Å². The molecule has 9 heteroatoms. The molecule has 1 unspecified atom stereocenters. The average Bonchev–Trinajstić information content (AvgIpc) is 3.33. The zero-order valence-electron chi connectivity index (χ0n) is 19.4. The highest BCUT2D eigenvalue weighted by molar-refractivity contribution is 8.00. The molecular weight excluding hydrogens is 521 g/mol. The first-order valence-electron chi connectivity index (χ1n) is 11.7. The fourth-order valence-corrected chi connectivity index (χ4v) is 6.08. The third-order valence-electron chi connectivity index (χ3n) is 5.97. The fraction of sp³-hybridized carbons (Fsp3) is 0.346. The lowest BCUT2D eigenvalue weighted by Crippen LogP contribution is -2.25. The number of carbonyl (C=O) groups is 2. The van der Waals surface area contributed by atoms with Gasteiger partial charge in [-0.15, -0.1) is 23.1 Å². The second-order valence-corrected chi connectivity index (χ2v) is 11.5. The zero-order valence-corrected chi connectivity index (χ0v) is 22.5. The van der Waals surface area contributed by atoms with Crippen LogP contribution >= 0.6 is 46.3 Å². The number of rotatable bonds is 8. The lowest BCUT2D eigenvalue weighted by atomic mass is 9.88. The van der Waals surface area contributed by atoms with E-state index >= 15 is 0 Å². The van der Waals surface area contributed by atoms with Gasteiger partial charge in [-0.25, -0.2) is 4.98 Å². The van der Waals surface area contributed by atoms with Crippen LogP contribution in [0.15, 0.2) is 52.7 Å². The van der Waals surface area contributed by atoms with Crippen LogP contribution in [0.3, 0.4) is 0 Å². The number of nitrogens with one attached hydrogen (secondary N) is 2. The second-order valence-electron chi connectivity index (χ2n) is 8.52. The number of benzene rings is 2. The van der Waals surface area contributed by atoms with Crippen LogP contribution in [0.25, 0.3) is 11.3 Å². The Morgan fingerprint density at radius 1 is 1.09 bits per heavy atom. The molecule has 1 aromatic heterocycles. The highest BCUT2D eigenvalue weighted by Crippen LogP contribution is 2.32. The van der Waals surface area contributed by atoms with Gasteiger partial charge in [0.25, 0.3) is 0 Å². The van der Waals surface area contributed by atoms with Crippen LogP contribution in [0.5, 0.6) is 0 Å². The summed E-state index contributed by atoms with van der Waals surface area (Å²) in [4.78, 5) is 31.1. The van der Waals surface area contributed by atoms with Gasteiger partial charge in [-0.1, -0.05) is 61.5 Å². The van der Waals surface area contributed by atoms with Crippen molar-refractivity contribution in [1.29, 1.82) is 0 Å². The third kappa shape index (κ3) is 7.00. The van der Waals surface area contributed by atoms with Gasteiger partial charge in [0, 0.05) is 27.4 Å². The standard InChI is InChI=1S/C26H27Cl2N3O2S2/c1-2-23(25(33)31-26-30-22(15-34-26)17-11-12-20(27)21(28)13-17)35-19-10-6-9-18(14-19)29-24(32)16-7-4-3-5-8-16/h6,9-16,23H,2-5,7-8H2,1H3,(H,29,32)(H,30,31,33). The molecule has 5 nitrogen and oxygen atoms in total. The van der Waals surface area contributed by atoms with E-state index in [0.29, 0.717) is 21.6 Å². The number of amides is 2. The van der Waals surface area contributed by atoms with Crippen molar-refractivity contribution >= 4 is 68.9 Å². The number of nitrogens with zero attached hydrogens (tertiary/aromatic N) is 1. The van der Waals surface area contributed by atoms with Crippen LogP contribution in [0.4, 0.5) is 10.8 Å². The van der Waals surface area contributed by atoms with Crippen LogP contribution in [-0.4, -0.2) is 22.0 Å². The van der Waals surface area contributed by atoms with E-state index in [1.807, 2.05) is 42.6 Å². The quantitative estimate of drug-likeness (QED) is 0.279. The molecule has 3 aromatic rings. The first-order chi connectivity index (χ1) is 16.9. The van der Waals surface area contributed by atoms with E-state index in [0.717, 1.165) is 47.5 Å². The van der Waals surface area contributed by atoms with Crippen LogP contribution in [0.2, 0.25) is 10.0 Å². The second kappa shape index (κ2) is 12.3. The molecule has 1 aliphatic carbocycles. The largest absolute Gasteiger partial charge is 0.326 e. The summed E-state index contributed by atoms with van der Waals surface area (Å²) >= 11 is 15.0. The monoisotopic (exact) mass is 547 g/mol. The minimum atomic E-state index is -0.295. The summed E-state index contributed by atoms with van der Waals surface area (Å²) in [6.45, 7) is 1.98. The Hall–Kier alpha value is -2.06. The maximum Gasteiger partial charge on any atom is 0.239 e. The summed E-state index contributed by atoms with van der Waals surface area (Å²) in [7, 11) is 0. The van der Waals surface area contributed by atoms with Crippen molar-refractivity contribution in [3.05, 3.63) is 57.9 Å². The van der Waals surface area contributed by atoms with E-state index in [-0.39, 0.29) is 23.0 Å². The minimum absolute atomic E-state index is 0.0955. The molecule has 0 aliphatic heterocycles. The Morgan fingerprint density at radius 2 is 1.89 bits per heavy atom. The van der Waals surface area contributed by atoms with Crippen molar-refractivity contribution in [2.24, 2.45) is 5.92 Å². The summed E-state index contributed by atoms with van der Waals surface area (Å²) < 4.78 is 0. The normalized spacial score (nSPS) is 14.9. The van der Waals surface area contributed by atoms with E-state index in [4.69, 9.17) is 23.2 Å². The van der Waals surface area contributed by atoms with E-state index in [2.05, 4.69) is 15.6 Å². The molecule has 1 heterocycles. The molecule has 2 aromatic carbocycles. The van der Waals surface area contributed by atoms with Gasteiger partial charge in [-0.3, -0.25) is 9.59 Å². The van der Waals surface area contributed by atoms with E-state index in [9.17, 15) is 9.59 Å². The molecule has 1 aliphatic rings. The number of aromatic nitrogens is 1. The van der Waals surface area contributed by atoms with E-state index in [1.165, 1.54) is 29.5 Å². The van der Waals surface area contributed by atoms with Gasteiger partial charge in [-0.2, -0.15) is 0 Å². The number of thiazole rings is 1. The van der Waals surface area contributed by atoms with Crippen molar-refractivity contribution in [3.8, 4) is 11.3 Å². The van der Waals surface area contributed by atoms with Gasteiger partial charge in [0.2, 0.25) is 11.8 Å². The molecule has 0 radical (unpaired) electrons. The molecule has 1 saturated carbocycles. The molecule has 2 N–H and O–H groups in total. The summed E-state index contributed by atoms with van der Waals surface area (Å²) in [6.07, 6.45) is 6.03. The Labute approximate surface area is 224 Å². The molecule has 0 saturated heterocycles. The van der Waals surface area contributed by atoms with Gasteiger partial charge in [0.15, 0.2) is 5.13 Å².